The Balaban J connectivity index is 2.56. The van der Waals surface area contributed by atoms with Crippen LogP contribution < -0.4 is 5.32 Å². The molecule has 0 amide bonds. The molecule has 0 spiro atoms. The molecule has 0 radical (unpaired) electrons. The number of ether oxygens (including phenoxy) is 1. The molecule has 15 heavy (non-hydrogen) atoms. The number of benzene rings is 1. The molecule has 1 aromatic carbocycles. The summed E-state index contributed by atoms with van der Waals surface area (Å²) in [5.41, 5.74) is 1.28. The molecule has 0 heterocycles. The summed E-state index contributed by atoms with van der Waals surface area (Å²) in [6, 6.07) is 9.06. The molecule has 2 atom stereocenters. The highest BCUT2D eigenvalue weighted by Gasteiger charge is 2.08. The van der Waals surface area contributed by atoms with Gasteiger partial charge < -0.3 is 10.1 Å². The molecule has 0 fully saturated rings. The highest BCUT2D eigenvalue weighted by molar-refractivity contribution is 9.10. The maximum Gasteiger partial charge on any atom is 0.0613 e. The van der Waals surface area contributed by atoms with Crippen LogP contribution in [0.1, 0.15) is 25.5 Å². The van der Waals surface area contributed by atoms with Crippen LogP contribution in [0.15, 0.2) is 28.7 Å². The Morgan fingerprint density at radius 1 is 1.40 bits per heavy atom. The number of hydrogen-bond acceptors (Lipinski definition) is 2. The van der Waals surface area contributed by atoms with Gasteiger partial charge in [-0.25, -0.2) is 0 Å². The van der Waals surface area contributed by atoms with Crippen molar-refractivity contribution in [2.24, 2.45) is 0 Å². The molecule has 1 N–H and O–H groups in total. The lowest BCUT2D eigenvalue weighted by atomic mass is 10.1. The highest BCUT2D eigenvalue weighted by atomic mass is 79.9. The van der Waals surface area contributed by atoms with E-state index in [-0.39, 0.29) is 0 Å². The molecule has 3 heteroatoms. The van der Waals surface area contributed by atoms with Crippen LogP contribution in [0, 0.1) is 0 Å². The third kappa shape index (κ3) is 4.33. The van der Waals surface area contributed by atoms with E-state index in [0.29, 0.717) is 12.1 Å². The number of methoxy groups -OCH3 is 1. The van der Waals surface area contributed by atoms with Crippen molar-refractivity contribution in [1.82, 2.24) is 5.32 Å². The quantitative estimate of drug-likeness (QED) is 0.889. The molecular weight excluding hydrogens is 254 g/mol. The van der Waals surface area contributed by atoms with Crippen molar-refractivity contribution in [3.63, 3.8) is 0 Å². The highest BCUT2D eigenvalue weighted by Crippen LogP contribution is 2.18. The van der Waals surface area contributed by atoms with Gasteiger partial charge in [0.1, 0.15) is 0 Å². The van der Waals surface area contributed by atoms with Crippen molar-refractivity contribution >= 4 is 15.9 Å². The molecule has 0 bridgehead atoms. The van der Waals surface area contributed by atoms with E-state index >= 15 is 0 Å². The average molecular weight is 272 g/mol. The first-order valence-corrected chi connectivity index (χ1v) is 5.93. The van der Waals surface area contributed by atoms with E-state index in [1.54, 1.807) is 7.11 Å². The lowest BCUT2D eigenvalue weighted by Crippen LogP contribution is -2.32. The number of halogens is 1. The van der Waals surface area contributed by atoms with Gasteiger partial charge in [0.15, 0.2) is 0 Å². The Morgan fingerprint density at radius 2 is 2.13 bits per heavy atom. The van der Waals surface area contributed by atoms with E-state index in [9.17, 15) is 0 Å². The van der Waals surface area contributed by atoms with Gasteiger partial charge in [0.25, 0.3) is 0 Å². The standard InChI is InChI=1S/C12H18BrNO/c1-9(8-15-3)14-10(2)11-5-4-6-12(13)7-11/h4-7,9-10,14H,8H2,1-3H3/t9?,10-/m0/s1. The fourth-order valence-electron chi connectivity index (χ4n) is 1.60. The van der Waals surface area contributed by atoms with Crippen molar-refractivity contribution in [3.05, 3.63) is 34.3 Å². The SMILES string of the molecule is COCC(C)N[C@@H](C)c1cccc(Br)c1. The maximum atomic E-state index is 5.09. The Labute approximate surface area is 100 Å². The zero-order valence-corrected chi connectivity index (χ0v) is 11.0. The van der Waals surface area contributed by atoms with Crippen molar-refractivity contribution < 1.29 is 4.74 Å². The van der Waals surface area contributed by atoms with Gasteiger partial charge in [-0.15, -0.1) is 0 Å². The normalized spacial score (nSPS) is 14.9. The molecule has 1 unspecified atom stereocenters. The first-order chi connectivity index (χ1) is 7.13. The molecule has 0 aliphatic rings. The van der Waals surface area contributed by atoms with Crippen LogP contribution in [0.3, 0.4) is 0 Å². The summed E-state index contributed by atoms with van der Waals surface area (Å²) in [7, 11) is 1.72. The lowest BCUT2D eigenvalue weighted by Gasteiger charge is -2.19. The Kier molecular flexibility index (Phi) is 5.29. The topological polar surface area (TPSA) is 21.3 Å². The predicted molar refractivity (Wildman–Crippen MR) is 67.0 cm³/mol. The summed E-state index contributed by atoms with van der Waals surface area (Å²) < 4.78 is 6.21. The summed E-state index contributed by atoms with van der Waals surface area (Å²) in [5, 5.41) is 3.48. The van der Waals surface area contributed by atoms with Gasteiger partial charge in [-0.2, -0.15) is 0 Å². The predicted octanol–water partition coefficient (Wildman–Crippen LogP) is 3.13. The van der Waals surface area contributed by atoms with Gasteiger partial charge in [0.05, 0.1) is 6.61 Å². The molecule has 0 aromatic heterocycles. The van der Waals surface area contributed by atoms with Crippen molar-refractivity contribution in [2.75, 3.05) is 13.7 Å². The second kappa shape index (κ2) is 6.26. The zero-order valence-electron chi connectivity index (χ0n) is 9.46. The number of nitrogens with one attached hydrogen (secondary N) is 1. The molecule has 1 rings (SSSR count). The van der Waals surface area contributed by atoms with Crippen molar-refractivity contribution in [2.45, 2.75) is 25.9 Å². The van der Waals surface area contributed by atoms with Crippen molar-refractivity contribution in [1.29, 1.82) is 0 Å². The van der Waals surface area contributed by atoms with Crippen LogP contribution in [-0.2, 0) is 4.74 Å². The van der Waals surface area contributed by atoms with Gasteiger partial charge >= 0.3 is 0 Å². The molecule has 2 nitrogen and oxygen atoms in total. The summed E-state index contributed by atoms with van der Waals surface area (Å²) in [6.07, 6.45) is 0. The Morgan fingerprint density at radius 3 is 2.73 bits per heavy atom. The smallest absolute Gasteiger partial charge is 0.0613 e. The molecule has 0 saturated heterocycles. The van der Waals surface area contributed by atoms with Crippen LogP contribution in [0.2, 0.25) is 0 Å². The number of rotatable bonds is 5. The van der Waals surface area contributed by atoms with Gasteiger partial charge in [0.2, 0.25) is 0 Å². The average Bonchev–Trinajstić information content (AvgIpc) is 2.18. The van der Waals surface area contributed by atoms with Crippen LogP contribution in [-0.4, -0.2) is 19.8 Å². The molecule has 1 aromatic rings. The zero-order chi connectivity index (χ0) is 11.3. The van der Waals surface area contributed by atoms with Gasteiger partial charge in [-0.3, -0.25) is 0 Å². The van der Waals surface area contributed by atoms with E-state index < -0.39 is 0 Å². The fourth-order valence-corrected chi connectivity index (χ4v) is 2.01. The minimum absolute atomic E-state index is 0.340. The van der Waals surface area contributed by atoms with Crippen LogP contribution >= 0.6 is 15.9 Å². The van der Waals surface area contributed by atoms with Gasteiger partial charge in [-0.05, 0) is 31.5 Å². The Bertz CT molecular complexity index is 303. The van der Waals surface area contributed by atoms with Crippen molar-refractivity contribution in [3.8, 4) is 0 Å². The molecule has 0 saturated carbocycles. The third-order valence-electron chi connectivity index (χ3n) is 2.30. The second-order valence-electron chi connectivity index (χ2n) is 3.80. The minimum atomic E-state index is 0.340. The number of hydrogen-bond donors (Lipinski definition) is 1. The van der Waals surface area contributed by atoms with Crippen LogP contribution in [0.25, 0.3) is 0 Å². The first-order valence-electron chi connectivity index (χ1n) is 5.14. The second-order valence-corrected chi connectivity index (χ2v) is 4.72. The monoisotopic (exact) mass is 271 g/mol. The van der Waals surface area contributed by atoms with E-state index in [1.165, 1.54) is 5.56 Å². The van der Waals surface area contributed by atoms with E-state index in [0.717, 1.165) is 11.1 Å². The van der Waals surface area contributed by atoms with E-state index in [4.69, 9.17) is 4.74 Å². The van der Waals surface area contributed by atoms with Gasteiger partial charge in [0, 0.05) is 23.7 Å². The van der Waals surface area contributed by atoms with Crippen LogP contribution in [0.4, 0.5) is 0 Å². The van der Waals surface area contributed by atoms with E-state index in [2.05, 4.69) is 53.3 Å². The largest absolute Gasteiger partial charge is 0.383 e. The summed E-state index contributed by atoms with van der Waals surface area (Å²) >= 11 is 3.47. The third-order valence-corrected chi connectivity index (χ3v) is 2.79. The minimum Gasteiger partial charge on any atom is -0.383 e. The van der Waals surface area contributed by atoms with Crippen LogP contribution in [0.5, 0.6) is 0 Å². The molecule has 84 valence electrons. The maximum absolute atomic E-state index is 5.09. The Hall–Kier alpha value is -0.380. The van der Waals surface area contributed by atoms with Gasteiger partial charge in [-0.1, -0.05) is 28.1 Å². The first kappa shape index (κ1) is 12.7. The summed E-state index contributed by atoms with van der Waals surface area (Å²) in [6.45, 7) is 5.02. The molecule has 0 aliphatic carbocycles. The molecular formula is C12H18BrNO. The molecule has 0 aliphatic heterocycles. The summed E-state index contributed by atoms with van der Waals surface area (Å²) in [4.78, 5) is 0. The fraction of sp³-hybridized carbons (Fsp3) is 0.500. The van der Waals surface area contributed by atoms with E-state index in [1.807, 2.05) is 6.07 Å². The summed E-state index contributed by atoms with van der Waals surface area (Å²) in [5.74, 6) is 0. The lowest BCUT2D eigenvalue weighted by molar-refractivity contribution is 0.167.